The number of rotatable bonds is 14. The van der Waals surface area contributed by atoms with Gasteiger partial charge in [0.05, 0.1) is 6.61 Å². The molecular formula is C24H36O3. The van der Waals surface area contributed by atoms with Gasteiger partial charge in [-0.05, 0) is 55.9 Å². The highest BCUT2D eigenvalue weighted by Gasteiger charge is 2.11. The molecule has 0 atom stereocenters. The number of aryl methyl sites for hydroxylation is 2. The van der Waals surface area contributed by atoms with Crippen LogP contribution < -0.4 is 0 Å². The van der Waals surface area contributed by atoms with Gasteiger partial charge in [-0.25, -0.2) is 4.79 Å². The standard InChI is InChI=1S/C24H36O3/c1-4-7-9-11-13-20-15-16-21(14-12-10-8-5-2)22(19-20)23(25)17-18-24(26)27-6-3/h15-19H,4-14H2,1-3H3. The maximum Gasteiger partial charge on any atom is 0.330 e. The maximum absolute atomic E-state index is 12.7. The molecule has 0 N–H and O–H groups in total. The fourth-order valence-electron chi connectivity index (χ4n) is 3.15. The van der Waals surface area contributed by atoms with E-state index in [0.717, 1.165) is 36.8 Å². The minimum Gasteiger partial charge on any atom is -0.463 e. The Kier molecular flexibility index (Phi) is 12.2. The third kappa shape index (κ3) is 9.55. The fourth-order valence-corrected chi connectivity index (χ4v) is 3.15. The number of esters is 1. The zero-order valence-corrected chi connectivity index (χ0v) is 17.4. The Morgan fingerprint density at radius 2 is 1.52 bits per heavy atom. The second kappa shape index (κ2) is 14.2. The third-order valence-corrected chi connectivity index (χ3v) is 4.72. The van der Waals surface area contributed by atoms with Crippen LogP contribution in [0.1, 0.15) is 93.6 Å². The van der Waals surface area contributed by atoms with E-state index in [1.807, 2.05) is 6.07 Å². The molecule has 0 aliphatic rings. The van der Waals surface area contributed by atoms with Gasteiger partial charge in [0.25, 0.3) is 0 Å². The number of benzene rings is 1. The van der Waals surface area contributed by atoms with Crippen molar-refractivity contribution in [2.24, 2.45) is 0 Å². The second-order valence-electron chi connectivity index (χ2n) is 7.06. The van der Waals surface area contributed by atoms with E-state index in [-0.39, 0.29) is 5.78 Å². The molecule has 0 fully saturated rings. The summed E-state index contributed by atoms with van der Waals surface area (Å²) in [4.78, 5) is 24.2. The Balaban J connectivity index is 2.87. The Labute approximate surface area is 165 Å². The van der Waals surface area contributed by atoms with Crippen LogP contribution in [0.25, 0.3) is 0 Å². The van der Waals surface area contributed by atoms with Crippen LogP contribution >= 0.6 is 0 Å². The Morgan fingerprint density at radius 3 is 2.15 bits per heavy atom. The van der Waals surface area contributed by atoms with E-state index in [9.17, 15) is 9.59 Å². The average molecular weight is 373 g/mol. The molecule has 0 amide bonds. The van der Waals surface area contributed by atoms with Gasteiger partial charge in [0.15, 0.2) is 5.78 Å². The molecule has 0 saturated heterocycles. The molecule has 150 valence electrons. The largest absolute Gasteiger partial charge is 0.463 e. The lowest BCUT2D eigenvalue weighted by Gasteiger charge is -2.10. The predicted octanol–water partition coefficient (Wildman–Crippen LogP) is 6.23. The van der Waals surface area contributed by atoms with Gasteiger partial charge in [0.2, 0.25) is 0 Å². The molecule has 1 rings (SSSR count). The molecule has 1 aromatic carbocycles. The summed E-state index contributed by atoms with van der Waals surface area (Å²) in [5, 5.41) is 0. The third-order valence-electron chi connectivity index (χ3n) is 4.72. The van der Waals surface area contributed by atoms with Crippen molar-refractivity contribution in [3.8, 4) is 0 Å². The van der Waals surface area contributed by atoms with Crippen molar-refractivity contribution in [1.29, 1.82) is 0 Å². The van der Waals surface area contributed by atoms with E-state index in [4.69, 9.17) is 4.74 Å². The summed E-state index contributed by atoms with van der Waals surface area (Å²) in [5.41, 5.74) is 3.03. The average Bonchev–Trinajstić information content (AvgIpc) is 2.67. The first-order valence-electron chi connectivity index (χ1n) is 10.6. The van der Waals surface area contributed by atoms with Crippen LogP contribution in [0.2, 0.25) is 0 Å². The maximum atomic E-state index is 12.7. The number of ketones is 1. The second-order valence-corrected chi connectivity index (χ2v) is 7.06. The lowest BCUT2D eigenvalue weighted by Crippen LogP contribution is -2.05. The number of ether oxygens (including phenoxy) is 1. The van der Waals surface area contributed by atoms with Gasteiger partial charge in [-0.15, -0.1) is 0 Å². The number of hydrogen-bond acceptors (Lipinski definition) is 3. The topological polar surface area (TPSA) is 43.4 Å². The molecule has 0 unspecified atom stereocenters. The molecule has 0 radical (unpaired) electrons. The smallest absolute Gasteiger partial charge is 0.330 e. The normalized spacial score (nSPS) is 11.1. The zero-order chi connectivity index (χ0) is 19.9. The summed E-state index contributed by atoms with van der Waals surface area (Å²) < 4.78 is 4.87. The summed E-state index contributed by atoms with van der Waals surface area (Å²) in [6, 6.07) is 6.29. The lowest BCUT2D eigenvalue weighted by molar-refractivity contribution is -0.137. The van der Waals surface area contributed by atoms with E-state index in [1.54, 1.807) is 6.92 Å². The molecule has 1 aromatic rings. The Bertz CT molecular complexity index is 602. The van der Waals surface area contributed by atoms with Crippen molar-refractivity contribution < 1.29 is 14.3 Å². The van der Waals surface area contributed by atoms with E-state index >= 15 is 0 Å². The molecule has 0 heterocycles. The van der Waals surface area contributed by atoms with Gasteiger partial charge in [-0.3, -0.25) is 4.79 Å². The molecule has 0 aliphatic heterocycles. The van der Waals surface area contributed by atoms with Crippen LogP contribution in [0.5, 0.6) is 0 Å². The van der Waals surface area contributed by atoms with E-state index in [1.165, 1.54) is 56.2 Å². The number of carbonyl (C=O) groups is 2. The van der Waals surface area contributed by atoms with Crippen molar-refractivity contribution in [1.82, 2.24) is 0 Å². The minimum atomic E-state index is -0.467. The SMILES string of the molecule is CCCCCCc1ccc(CCCCCC)c(C(=O)C=CC(=O)OCC)c1. The monoisotopic (exact) mass is 372 g/mol. The van der Waals surface area contributed by atoms with Crippen molar-refractivity contribution in [2.75, 3.05) is 6.61 Å². The van der Waals surface area contributed by atoms with Gasteiger partial charge in [-0.1, -0.05) is 64.5 Å². The Hall–Kier alpha value is -1.90. The minimum absolute atomic E-state index is 0.107. The molecule has 0 bridgehead atoms. The van der Waals surface area contributed by atoms with Gasteiger partial charge >= 0.3 is 5.97 Å². The number of allylic oxidation sites excluding steroid dienone is 1. The first kappa shape index (κ1) is 23.1. The quantitative estimate of drug-likeness (QED) is 0.168. The van der Waals surface area contributed by atoms with Gasteiger partial charge in [0, 0.05) is 11.6 Å². The molecule has 0 spiro atoms. The summed E-state index contributed by atoms with van der Waals surface area (Å²) in [6.07, 6.45) is 14.0. The van der Waals surface area contributed by atoms with Gasteiger partial charge in [-0.2, -0.15) is 0 Å². The van der Waals surface area contributed by atoms with Crippen LogP contribution in [-0.2, 0) is 22.4 Å². The van der Waals surface area contributed by atoms with E-state index in [2.05, 4.69) is 26.0 Å². The predicted molar refractivity (Wildman–Crippen MR) is 112 cm³/mol. The lowest BCUT2D eigenvalue weighted by atomic mass is 9.94. The highest BCUT2D eigenvalue weighted by atomic mass is 16.5. The van der Waals surface area contributed by atoms with Crippen molar-refractivity contribution in [3.63, 3.8) is 0 Å². The zero-order valence-electron chi connectivity index (χ0n) is 17.4. The molecule has 27 heavy (non-hydrogen) atoms. The van der Waals surface area contributed by atoms with Crippen molar-refractivity contribution in [2.45, 2.75) is 85.0 Å². The molecule has 0 aliphatic carbocycles. The number of hydrogen-bond donors (Lipinski definition) is 0. The highest BCUT2D eigenvalue weighted by Crippen LogP contribution is 2.19. The first-order valence-corrected chi connectivity index (χ1v) is 10.6. The van der Waals surface area contributed by atoms with Crippen LogP contribution in [-0.4, -0.2) is 18.4 Å². The van der Waals surface area contributed by atoms with Gasteiger partial charge < -0.3 is 4.74 Å². The summed E-state index contributed by atoms with van der Waals surface area (Å²) >= 11 is 0. The van der Waals surface area contributed by atoms with E-state index < -0.39 is 5.97 Å². The molecule has 3 heteroatoms. The summed E-state index contributed by atoms with van der Waals surface area (Å²) in [5.74, 6) is -0.574. The summed E-state index contributed by atoms with van der Waals surface area (Å²) in [6.45, 7) is 6.47. The van der Waals surface area contributed by atoms with Gasteiger partial charge in [0.1, 0.15) is 0 Å². The van der Waals surface area contributed by atoms with E-state index in [0.29, 0.717) is 6.61 Å². The molecule has 0 aromatic heterocycles. The van der Waals surface area contributed by atoms with Crippen molar-refractivity contribution >= 4 is 11.8 Å². The number of carbonyl (C=O) groups excluding carboxylic acids is 2. The van der Waals surface area contributed by atoms with Crippen LogP contribution in [0.4, 0.5) is 0 Å². The van der Waals surface area contributed by atoms with Crippen molar-refractivity contribution in [3.05, 3.63) is 47.0 Å². The first-order chi connectivity index (χ1) is 13.1. The van der Waals surface area contributed by atoms with Crippen LogP contribution in [0.15, 0.2) is 30.4 Å². The highest BCUT2D eigenvalue weighted by molar-refractivity contribution is 6.08. The molecule has 3 nitrogen and oxygen atoms in total. The fraction of sp³-hybridized carbons (Fsp3) is 0.583. The molecular weight excluding hydrogens is 336 g/mol. The summed E-state index contributed by atoms with van der Waals surface area (Å²) in [7, 11) is 0. The number of unbranched alkanes of at least 4 members (excludes halogenated alkanes) is 6. The van der Waals surface area contributed by atoms with Crippen LogP contribution in [0.3, 0.4) is 0 Å². The molecule has 0 saturated carbocycles. The Morgan fingerprint density at radius 1 is 0.852 bits per heavy atom. The van der Waals surface area contributed by atoms with Crippen LogP contribution in [0, 0.1) is 0 Å².